The molecule has 0 radical (unpaired) electrons. The van der Waals surface area contributed by atoms with Crippen molar-refractivity contribution in [2.45, 2.75) is 0 Å². The molecule has 1 aliphatic rings. The molecule has 0 bridgehead atoms. The van der Waals surface area contributed by atoms with Gasteiger partial charge in [0.05, 0.1) is 27.6 Å². The number of nitrogens with zero attached hydrogens (tertiary/aromatic N) is 3. The number of halogens is 3. The van der Waals surface area contributed by atoms with Crippen LogP contribution in [0.1, 0.15) is 5.56 Å². The lowest BCUT2D eigenvalue weighted by Gasteiger charge is -2.17. The van der Waals surface area contributed by atoms with Crippen LogP contribution in [0.25, 0.3) is 6.08 Å². The van der Waals surface area contributed by atoms with Crippen LogP contribution in [0.4, 0.5) is 10.1 Å². The molecular formula is C18H10Cl2FN3OS. The van der Waals surface area contributed by atoms with Crippen molar-refractivity contribution >= 4 is 57.8 Å². The minimum Gasteiger partial charge on any atom is -0.266 e. The molecule has 2 aromatic rings. The van der Waals surface area contributed by atoms with Crippen molar-refractivity contribution < 1.29 is 9.18 Å². The smallest absolute Gasteiger partial charge is 0.266 e. The summed E-state index contributed by atoms with van der Waals surface area (Å²) in [5, 5.41) is 9.80. The average molecular weight is 406 g/mol. The maximum Gasteiger partial charge on any atom is 0.283 e. The number of nitriles is 1. The Labute approximate surface area is 163 Å². The van der Waals surface area contributed by atoms with Crippen molar-refractivity contribution in [1.29, 1.82) is 5.26 Å². The molecule has 8 heteroatoms. The highest BCUT2D eigenvalue weighted by molar-refractivity contribution is 8.14. The van der Waals surface area contributed by atoms with E-state index in [1.165, 1.54) is 23.1 Å². The zero-order valence-electron chi connectivity index (χ0n) is 13.1. The summed E-state index contributed by atoms with van der Waals surface area (Å²) in [5.41, 5.74) is 0.831. The quantitative estimate of drug-likeness (QED) is 0.664. The Bertz CT molecular complexity index is 985. The predicted molar refractivity (Wildman–Crippen MR) is 104 cm³/mol. The van der Waals surface area contributed by atoms with E-state index in [2.05, 4.69) is 4.99 Å². The second-order valence-electron chi connectivity index (χ2n) is 5.14. The molecule has 0 spiro atoms. The van der Waals surface area contributed by atoms with E-state index in [4.69, 9.17) is 28.5 Å². The van der Waals surface area contributed by atoms with Gasteiger partial charge in [-0.1, -0.05) is 53.2 Å². The first-order valence-corrected chi connectivity index (χ1v) is 9.09. The number of rotatable bonds is 3. The Kier molecular flexibility index (Phi) is 5.62. The number of benzene rings is 2. The molecule has 0 atom stereocenters. The topological polar surface area (TPSA) is 56.5 Å². The van der Waals surface area contributed by atoms with Crippen LogP contribution < -0.4 is 4.90 Å². The first-order chi connectivity index (χ1) is 12.5. The number of anilines is 1. The minimum atomic E-state index is -0.554. The number of amides is 1. The van der Waals surface area contributed by atoms with Crippen LogP contribution >= 0.6 is 35.0 Å². The number of aliphatic imine (C=N–C) groups is 1. The molecular weight excluding hydrogens is 396 g/mol. The highest BCUT2D eigenvalue weighted by Crippen LogP contribution is 2.31. The van der Waals surface area contributed by atoms with E-state index < -0.39 is 11.7 Å². The van der Waals surface area contributed by atoms with E-state index in [-0.39, 0.29) is 22.3 Å². The van der Waals surface area contributed by atoms with Crippen molar-refractivity contribution in [2.75, 3.05) is 10.7 Å². The Balaban J connectivity index is 2.02. The van der Waals surface area contributed by atoms with Gasteiger partial charge >= 0.3 is 0 Å². The zero-order chi connectivity index (χ0) is 18.7. The van der Waals surface area contributed by atoms with Gasteiger partial charge in [-0.2, -0.15) is 5.26 Å². The molecule has 130 valence electrons. The highest BCUT2D eigenvalue weighted by Gasteiger charge is 2.33. The third-order valence-corrected chi connectivity index (χ3v) is 4.98. The van der Waals surface area contributed by atoms with Crippen LogP contribution in [0.15, 0.2) is 53.2 Å². The summed E-state index contributed by atoms with van der Waals surface area (Å²) >= 11 is 13.0. The van der Waals surface area contributed by atoms with Crippen molar-refractivity contribution in [3.63, 3.8) is 0 Å². The van der Waals surface area contributed by atoms with Crippen molar-refractivity contribution in [3.05, 3.63) is 69.6 Å². The Morgan fingerprint density at radius 3 is 2.69 bits per heavy atom. The van der Waals surface area contributed by atoms with Crippen LogP contribution in [0.2, 0.25) is 10.0 Å². The Morgan fingerprint density at radius 1 is 1.23 bits per heavy atom. The number of hydrogen-bond acceptors (Lipinski definition) is 4. The molecule has 3 rings (SSSR count). The van der Waals surface area contributed by atoms with Crippen LogP contribution in [0, 0.1) is 17.1 Å². The van der Waals surface area contributed by atoms with Gasteiger partial charge in [0.25, 0.3) is 5.91 Å². The maximum atomic E-state index is 14.2. The number of carbonyl (C=O) groups is 1. The standard InChI is InChI=1S/C18H10Cl2FN3OS/c19-12-6-5-11(9-13(12)20)10-15-17(25)24(18(23-15)26-8-7-22)16-4-2-1-3-14(16)21/h1-6,9-10H,8H2/b15-10+. The summed E-state index contributed by atoms with van der Waals surface area (Å²) < 4.78 is 14.2. The molecule has 0 N–H and O–H groups in total. The third-order valence-electron chi connectivity index (χ3n) is 3.44. The van der Waals surface area contributed by atoms with Crippen LogP contribution in [-0.2, 0) is 4.79 Å². The summed E-state index contributed by atoms with van der Waals surface area (Å²) in [5.74, 6) is -0.958. The van der Waals surface area contributed by atoms with Gasteiger partial charge in [0, 0.05) is 0 Å². The lowest BCUT2D eigenvalue weighted by Crippen LogP contribution is -2.31. The van der Waals surface area contributed by atoms with Gasteiger partial charge in [0.2, 0.25) is 0 Å². The minimum absolute atomic E-state index is 0.0805. The van der Waals surface area contributed by atoms with Crippen LogP contribution in [0.5, 0.6) is 0 Å². The van der Waals surface area contributed by atoms with Crippen LogP contribution in [-0.4, -0.2) is 16.8 Å². The summed E-state index contributed by atoms with van der Waals surface area (Å²) in [6.45, 7) is 0. The molecule has 4 nitrogen and oxygen atoms in total. The lowest BCUT2D eigenvalue weighted by atomic mass is 10.2. The molecule has 1 amide bonds. The molecule has 0 unspecified atom stereocenters. The number of amidine groups is 1. The van der Waals surface area contributed by atoms with Crippen molar-refractivity contribution in [1.82, 2.24) is 0 Å². The fourth-order valence-electron chi connectivity index (χ4n) is 2.30. The Morgan fingerprint density at radius 2 is 2.00 bits per heavy atom. The molecule has 26 heavy (non-hydrogen) atoms. The highest BCUT2D eigenvalue weighted by atomic mass is 35.5. The van der Waals surface area contributed by atoms with Crippen molar-refractivity contribution in [2.24, 2.45) is 4.99 Å². The van der Waals surface area contributed by atoms with E-state index in [0.717, 1.165) is 11.8 Å². The van der Waals surface area contributed by atoms with E-state index >= 15 is 0 Å². The fourth-order valence-corrected chi connectivity index (χ4v) is 3.27. The maximum absolute atomic E-state index is 14.2. The first-order valence-electron chi connectivity index (χ1n) is 7.35. The second-order valence-corrected chi connectivity index (χ2v) is 6.89. The molecule has 0 fully saturated rings. The normalized spacial score (nSPS) is 15.3. The van der Waals surface area contributed by atoms with E-state index in [1.807, 2.05) is 6.07 Å². The van der Waals surface area contributed by atoms with E-state index in [9.17, 15) is 9.18 Å². The van der Waals surface area contributed by atoms with Gasteiger partial charge in [-0.3, -0.25) is 9.69 Å². The Hall–Kier alpha value is -2.33. The first kappa shape index (κ1) is 18.5. The predicted octanol–water partition coefficient (Wildman–Crippen LogP) is 5.13. The van der Waals surface area contributed by atoms with E-state index in [0.29, 0.717) is 15.6 Å². The van der Waals surface area contributed by atoms with Gasteiger partial charge in [0.15, 0.2) is 5.17 Å². The van der Waals surface area contributed by atoms with Gasteiger partial charge in [-0.15, -0.1) is 0 Å². The summed E-state index contributed by atoms with van der Waals surface area (Å²) in [4.78, 5) is 18.3. The van der Waals surface area contributed by atoms with Gasteiger partial charge < -0.3 is 0 Å². The third kappa shape index (κ3) is 3.75. The summed E-state index contributed by atoms with van der Waals surface area (Å²) in [7, 11) is 0. The second kappa shape index (κ2) is 7.92. The summed E-state index contributed by atoms with van der Waals surface area (Å²) in [6.07, 6.45) is 1.54. The molecule has 0 saturated heterocycles. The van der Waals surface area contributed by atoms with Crippen molar-refractivity contribution in [3.8, 4) is 6.07 Å². The van der Waals surface area contributed by atoms with Gasteiger partial charge in [0.1, 0.15) is 11.5 Å². The monoisotopic (exact) mass is 405 g/mol. The number of hydrogen-bond donors (Lipinski definition) is 0. The molecule has 0 aliphatic carbocycles. The molecule has 1 aliphatic heterocycles. The summed E-state index contributed by atoms with van der Waals surface area (Å²) in [6, 6.07) is 12.8. The van der Waals surface area contributed by atoms with Crippen LogP contribution in [0.3, 0.4) is 0 Å². The number of thioether (sulfide) groups is 1. The average Bonchev–Trinajstić information content (AvgIpc) is 2.92. The van der Waals surface area contributed by atoms with Gasteiger partial charge in [-0.05, 0) is 35.9 Å². The SMILES string of the molecule is N#CCSC1=N/C(=C/c2ccc(Cl)c(Cl)c2)C(=O)N1c1ccccc1F. The molecule has 0 aromatic heterocycles. The number of carbonyl (C=O) groups excluding carboxylic acids is 1. The molecule has 1 heterocycles. The fraction of sp³-hybridized carbons (Fsp3) is 0.0556. The number of para-hydroxylation sites is 1. The molecule has 2 aromatic carbocycles. The largest absolute Gasteiger partial charge is 0.283 e. The zero-order valence-corrected chi connectivity index (χ0v) is 15.4. The van der Waals surface area contributed by atoms with Gasteiger partial charge in [-0.25, -0.2) is 9.38 Å². The van der Waals surface area contributed by atoms with E-state index in [1.54, 1.807) is 30.3 Å². The lowest BCUT2D eigenvalue weighted by molar-refractivity contribution is -0.113. The molecule has 0 saturated carbocycles.